The highest BCUT2D eigenvalue weighted by atomic mass is 32.1. The fourth-order valence-electron chi connectivity index (χ4n) is 7.73. The summed E-state index contributed by atoms with van der Waals surface area (Å²) in [6.07, 6.45) is 0. The SMILES string of the molecule is c1ccc(-c2nc(-c3ccccc3)nc(-c3cccc4c3oc3cc(-c5ccc6sc7cc(Nc8ccccc8-c8ccccc8)ccc7c6c5)ccc34)n2)cc1. The quantitative estimate of drug-likeness (QED) is 0.176. The molecule has 0 aliphatic rings. The zero-order valence-corrected chi connectivity index (χ0v) is 31.4. The Morgan fingerprint density at radius 3 is 1.75 bits per heavy atom. The van der Waals surface area contributed by atoms with Crippen LogP contribution in [0, 0.1) is 0 Å². The second-order valence-electron chi connectivity index (χ2n) is 14.1. The molecule has 0 fully saturated rings. The van der Waals surface area contributed by atoms with Gasteiger partial charge >= 0.3 is 0 Å². The number of para-hydroxylation sites is 2. The lowest BCUT2D eigenvalue weighted by Crippen LogP contribution is -2.00. The van der Waals surface area contributed by atoms with E-state index < -0.39 is 0 Å². The summed E-state index contributed by atoms with van der Waals surface area (Å²) >= 11 is 1.82. The molecule has 0 saturated carbocycles. The van der Waals surface area contributed by atoms with E-state index in [4.69, 9.17) is 19.4 Å². The molecule has 5 nitrogen and oxygen atoms in total. The monoisotopic (exact) mass is 748 g/mol. The molecule has 0 aliphatic carbocycles. The van der Waals surface area contributed by atoms with Crippen LogP contribution in [0.1, 0.15) is 0 Å². The third kappa shape index (κ3) is 6.00. The maximum atomic E-state index is 6.73. The van der Waals surface area contributed by atoms with Crippen molar-refractivity contribution in [3.63, 3.8) is 0 Å². The van der Waals surface area contributed by atoms with E-state index in [1.165, 1.54) is 31.3 Å². The summed E-state index contributed by atoms with van der Waals surface area (Å²) in [4.78, 5) is 14.9. The van der Waals surface area contributed by atoms with Gasteiger partial charge < -0.3 is 9.73 Å². The van der Waals surface area contributed by atoms with Crippen LogP contribution in [-0.4, -0.2) is 15.0 Å². The van der Waals surface area contributed by atoms with Crippen molar-refractivity contribution >= 4 is 64.8 Å². The van der Waals surface area contributed by atoms with Crippen molar-refractivity contribution in [1.82, 2.24) is 15.0 Å². The van der Waals surface area contributed by atoms with Gasteiger partial charge in [-0.3, -0.25) is 0 Å². The van der Waals surface area contributed by atoms with Crippen LogP contribution in [-0.2, 0) is 0 Å². The molecule has 3 heterocycles. The van der Waals surface area contributed by atoms with Crippen LogP contribution < -0.4 is 5.32 Å². The number of hydrogen-bond donors (Lipinski definition) is 1. The van der Waals surface area contributed by atoms with Crippen molar-refractivity contribution < 1.29 is 4.42 Å². The van der Waals surface area contributed by atoms with E-state index in [1.54, 1.807) is 0 Å². The Morgan fingerprint density at radius 2 is 1.00 bits per heavy atom. The number of hydrogen-bond acceptors (Lipinski definition) is 6. The van der Waals surface area contributed by atoms with Crippen LogP contribution in [0.4, 0.5) is 11.4 Å². The zero-order valence-electron chi connectivity index (χ0n) is 30.6. The molecule has 11 rings (SSSR count). The second-order valence-corrected chi connectivity index (χ2v) is 15.2. The molecule has 0 amide bonds. The molecule has 0 spiro atoms. The van der Waals surface area contributed by atoms with E-state index in [2.05, 4.69) is 121 Å². The van der Waals surface area contributed by atoms with E-state index in [1.807, 2.05) is 84.1 Å². The number of aromatic nitrogens is 3. The van der Waals surface area contributed by atoms with Gasteiger partial charge in [0.25, 0.3) is 0 Å². The third-order valence-corrected chi connectivity index (χ3v) is 11.7. The van der Waals surface area contributed by atoms with Crippen LogP contribution in [0.3, 0.4) is 0 Å². The molecular weight excluding hydrogens is 717 g/mol. The fraction of sp³-hybridized carbons (Fsp3) is 0. The standard InChI is InChI=1S/C51H32N4OS/c1-4-13-32(14-5-1)38-19-10-11-22-44(38)52-37-25-27-40-43-29-35(24-28-46(43)57-47(40)31-37)36-23-26-39-41-20-12-21-42(48(41)56-45(39)30-36)51-54-49(33-15-6-2-7-16-33)53-50(55-51)34-17-8-3-9-18-34/h1-31,52H. The molecule has 0 atom stereocenters. The van der Waals surface area contributed by atoms with Crippen molar-refractivity contribution in [2.24, 2.45) is 0 Å². The first kappa shape index (κ1) is 33.0. The lowest BCUT2D eigenvalue weighted by atomic mass is 10.0. The number of furan rings is 1. The molecule has 268 valence electrons. The number of nitrogens with zero attached hydrogens (tertiary/aromatic N) is 3. The lowest BCUT2D eigenvalue weighted by Gasteiger charge is -2.12. The molecule has 3 aromatic heterocycles. The third-order valence-electron chi connectivity index (χ3n) is 10.5. The summed E-state index contributed by atoms with van der Waals surface area (Å²) in [6.45, 7) is 0. The van der Waals surface area contributed by atoms with Gasteiger partial charge in [-0.2, -0.15) is 0 Å². The lowest BCUT2D eigenvalue weighted by molar-refractivity contribution is 0.669. The van der Waals surface area contributed by atoms with Crippen LogP contribution in [0.15, 0.2) is 192 Å². The molecule has 0 saturated heterocycles. The van der Waals surface area contributed by atoms with Crippen molar-refractivity contribution in [2.75, 3.05) is 5.32 Å². The van der Waals surface area contributed by atoms with Gasteiger partial charge in [-0.15, -0.1) is 11.3 Å². The van der Waals surface area contributed by atoms with Crippen LogP contribution in [0.25, 0.3) is 98.5 Å². The average Bonchev–Trinajstić information content (AvgIpc) is 3.84. The Bertz CT molecular complexity index is 3210. The van der Waals surface area contributed by atoms with Crippen molar-refractivity contribution in [3.05, 3.63) is 188 Å². The largest absolute Gasteiger partial charge is 0.455 e. The molecule has 0 unspecified atom stereocenters. The van der Waals surface area contributed by atoms with Crippen LogP contribution in [0.2, 0.25) is 0 Å². The van der Waals surface area contributed by atoms with E-state index in [0.29, 0.717) is 17.5 Å². The number of rotatable bonds is 7. The van der Waals surface area contributed by atoms with Crippen molar-refractivity contribution in [1.29, 1.82) is 0 Å². The molecular formula is C51H32N4OS. The molecule has 1 N–H and O–H groups in total. The molecule has 0 aliphatic heterocycles. The average molecular weight is 749 g/mol. The van der Waals surface area contributed by atoms with Gasteiger partial charge in [-0.1, -0.05) is 140 Å². The van der Waals surface area contributed by atoms with Gasteiger partial charge in [0.2, 0.25) is 0 Å². The predicted molar refractivity (Wildman–Crippen MR) is 237 cm³/mol. The topological polar surface area (TPSA) is 63.8 Å². The van der Waals surface area contributed by atoms with Gasteiger partial charge in [-0.25, -0.2) is 15.0 Å². The molecule has 0 bridgehead atoms. The van der Waals surface area contributed by atoms with Crippen LogP contribution in [0.5, 0.6) is 0 Å². The van der Waals surface area contributed by atoms with Crippen molar-refractivity contribution in [2.45, 2.75) is 0 Å². The number of thiophene rings is 1. The van der Waals surface area contributed by atoms with Gasteiger partial charge in [0, 0.05) is 59.0 Å². The summed E-state index contributed by atoms with van der Waals surface area (Å²) in [6, 6.07) is 65.2. The summed E-state index contributed by atoms with van der Waals surface area (Å²) in [5, 5.41) is 8.25. The maximum absolute atomic E-state index is 6.73. The minimum Gasteiger partial charge on any atom is -0.455 e. The first-order chi connectivity index (χ1) is 28.2. The minimum atomic E-state index is 0.570. The second kappa shape index (κ2) is 13.7. The van der Waals surface area contributed by atoms with E-state index in [-0.39, 0.29) is 0 Å². The minimum absolute atomic E-state index is 0.570. The Morgan fingerprint density at radius 1 is 0.386 bits per heavy atom. The highest BCUT2D eigenvalue weighted by molar-refractivity contribution is 7.25. The number of fused-ring (bicyclic) bond motifs is 6. The van der Waals surface area contributed by atoms with E-state index in [9.17, 15) is 0 Å². The first-order valence-electron chi connectivity index (χ1n) is 18.9. The Kier molecular flexibility index (Phi) is 7.93. The number of benzene rings is 8. The number of anilines is 2. The van der Waals surface area contributed by atoms with E-state index >= 15 is 0 Å². The summed E-state index contributed by atoms with van der Waals surface area (Å²) in [5.74, 6) is 1.81. The molecule has 57 heavy (non-hydrogen) atoms. The van der Waals surface area contributed by atoms with Crippen LogP contribution >= 0.6 is 11.3 Å². The van der Waals surface area contributed by atoms with E-state index in [0.717, 1.165) is 61.1 Å². The Balaban J connectivity index is 0.957. The summed E-state index contributed by atoms with van der Waals surface area (Å²) < 4.78 is 9.23. The summed E-state index contributed by atoms with van der Waals surface area (Å²) in [5.41, 5.74) is 11.0. The van der Waals surface area contributed by atoms with Gasteiger partial charge in [-0.05, 0) is 65.2 Å². The number of nitrogens with one attached hydrogen (secondary N) is 1. The molecule has 11 aromatic rings. The highest BCUT2D eigenvalue weighted by Gasteiger charge is 2.18. The smallest absolute Gasteiger partial charge is 0.167 e. The van der Waals surface area contributed by atoms with Gasteiger partial charge in [0.15, 0.2) is 17.5 Å². The molecule has 6 heteroatoms. The Hall–Kier alpha value is -7.41. The Labute approximate surface area is 332 Å². The fourth-order valence-corrected chi connectivity index (χ4v) is 8.86. The zero-order chi connectivity index (χ0) is 37.7. The highest BCUT2D eigenvalue weighted by Crippen LogP contribution is 2.41. The molecule has 0 radical (unpaired) electrons. The predicted octanol–water partition coefficient (Wildman–Crippen LogP) is 14.2. The first-order valence-corrected chi connectivity index (χ1v) is 19.7. The van der Waals surface area contributed by atoms with Crippen molar-refractivity contribution in [3.8, 4) is 56.4 Å². The molecule has 8 aromatic carbocycles. The maximum Gasteiger partial charge on any atom is 0.167 e. The summed E-state index contributed by atoms with van der Waals surface area (Å²) in [7, 11) is 0. The van der Waals surface area contributed by atoms with Gasteiger partial charge in [0.1, 0.15) is 11.2 Å². The normalized spacial score (nSPS) is 11.5. The van der Waals surface area contributed by atoms with Gasteiger partial charge in [0.05, 0.1) is 5.56 Å².